The Morgan fingerprint density at radius 1 is 1.15 bits per heavy atom. The van der Waals surface area contributed by atoms with Gasteiger partial charge in [0.1, 0.15) is 17.3 Å². The Morgan fingerprint density at radius 3 is 2.40 bits per heavy atom. The number of halogens is 4. The molecule has 0 saturated heterocycles. The number of anilines is 1. The number of alkyl halides is 3. The fourth-order valence-electron chi connectivity index (χ4n) is 1.60. The number of hydrogen-bond donors (Lipinski definition) is 1. The van der Waals surface area contributed by atoms with Gasteiger partial charge in [0.25, 0.3) is 0 Å². The van der Waals surface area contributed by atoms with E-state index in [9.17, 15) is 13.2 Å². The summed E-state index contributed by atoms with van der Waals surface area (Å²) < 4.78 is 38.8. The van der Waals surface area contributed by atoms with Gasteiger partial charge in [0.05, 0.1) is 0 Å². The summed E-state index contributed by atoms with van der Waals surface area (Å²) in [4.78, 5) is 7.34. The largest absolute Gasteiger partial charge is 0.433 e. The summed E-state index contributed by atoms with van der Waals surface area (Å²) in [6.45, 7) is 1.82. The number of nitrogens with zero attached hydrogens (tertiary/aromatic N) is 2. The smallest absolute Gasteiger partial charge is 0.366 e. The van der Waals surface area contributed by atoms with Crippen molar-refractivity contribution in [2.75, 3.05) is 5.32 Å². The normalized spacial score (nSPS) is 11.4. The van der Waals surface area contributed by atoms with Crippen LogP contribution in [0.5, 0.6) is 0 Å². The second-order valence-electron chi connectivity index (χ2n) is 4.16. The summed E-state index contributed by atoms with van der Waals surface area (Å²) in [6.07, 6.45) is -4.47. The summed E-state index contributed by atoms with van der Waals surface area (Å²) in [6, 6.07) is 8.38. The molecular weight excluding hydrogens is 335 g/mol. The van der Waals surface area contributed by atoms with Crippen molar-refractivity contribution in [3.05, 3.63) is 51.9 Å². The number of benzene rings is 1. The van der Waals surface area contributed by atoms with E-state index in [1.807, 2.05) is 24.3 Å². The maximum Gasteiger partial charge on any atom is 0.433 e. The molecule has 20 heavy (non-hydrogen) atoms. The van der Waals surface area contributed by atoms with Gasteiger partial charge in [0, 0.05) is 17.1 Å². The Hall–Kier alpha value is -1.63. The van der Waals surface area contributed by atoms with E-state index in [1.165, 1.54) is 6.92 Å². The molecule has 1 N–H and O–H groups in total. The predicted molar refractivity (Wildman–Crippen MR) is 73.2 cm³/mol. The molecule has 0 radical (unpaired) electrons. The number of aryl methyl sites for hydroxylation is 1. The maximum atomic E-state index is 12.6. The third-order valence-electron chi connectivity index (χ3n) is 2.52. The molecule has 0 atom stereocenters. The fourth-order valence-corrected chi connectivity index (χ4v) is 1.86. The first kappa shape index (κ1) is 14.8. The lowest BCUT2D eigenvalue weighted by molar-refractivity contribution is -0.141. The Kier molecular flexibility index (Phi) is 4.27. The summed E-state index contributed by atoms with van der Waals surface area (Å²) in [7, 11) is 0. The molecule has 0 aliphatic carbocycles. The SMILES string of the molecule is Cc1nc(NCc2ccc(Br)cc2)cc(C(F)(F)F)n1. The molecule has 106 valence electrons. The Labute approximate surface area is 122 Å². The van der Waals surface area contributed by atoms with Crippen LogP contribution in [0.15, 0.2) is 34.8 Å². The molecule has 2 aromatic rings. The average molecular weight is 346 g/mol. The van der Waals surface area contributed by atoms with Crippen LogP contribution in [0.4, 0.5) is 19.0 Å². The van der Waals surface area contributed by atoms with Gasteiger partial charge in [-0.25, -0.2) is 9.97 Å². The van der Waals surface area contributed by atoms with Crippen LogP contribution < -0.4 is 5.32 Å². The third kappa shape index (κ3) is 3.93. The molecule has 0 amide bonds. The van der Waals surface area contributed by atoms with Crippen molar-refractivity contribution < 1.29 is 13.2 Å². The van der Waals surface area contributed by atoms with E-state index in [0.29, 0.717) is 6.54 Å². The van der Waals surface area contributed by atoms with Gasteiger partial charge in [-0.2, -0.15) is 13.2 Å². The summed E-state index contributed by atoms with van der Waals surface area (Å²) in [5.74, 6) is 0.242. The van der Waals surface area contributed by atoms with Gasteiger partial charge < -0.3 is 5.32 Å². The summed E-state index contributed by atoms with van der Waals surface area (Å²) >= 11 is 3.32. The van der Waals surface area contributed by atoms with Gasteiger partial charge in [0.2, 0.25) is 0 Å². The molecule has 0 saturated carbocycles. The van der Waals surface area contributed by atoms with E-state index < -0.39 is 11.9 Å². The summed E-state index contributed by atoms with van der Waals surface area (Å²) in [5.41, 5.74) is 0.00123. The molecule has 2 rings (SSSR count). The molecule has 0 spiro atoms. The highest BCUT2D eigenvalue weighted by atomic mass is 79.9. The highest BCUT2D eigenvalue weighted by molar-refractivity contribution is 9.10. The minimum absolute atomic E-state index is 0.0816. The van der Waals surface area contributed by atoms with E-state index in [0.717, 1.165) is 16.1 Å². The Balaban J connectivity index is 2.13. The van der Waals surface area contributed by atoms with Crippen molar-refractivity contribution >= 4 is 21.7 Å². The first-order valence-electron chi connectivity index (χ1n) is 5.76. The number of aromatic nitrogens is 2. The zero-order valence-corrected chi connectivity index (χ0v) is 12.1. The van der Waals surface area contributed by atoms with Crippen molar-refractivity contribution in [3.8, 4) is 0 Å². The van der Waals surface area contributed by atoms with Gasteiger partial charge in [-0.05, 0) is 24.6 Å². The van der Waals surface area contributed by atoms with Crippen LogP contribution in [0.2, 0.25) is 0 Å². The van der Waals surface area contributed by atoms with Gasteiger partial charge in [-0.3, -0.25) is 0 Å². The fraction of sp³-hybridized carbons (Fsp3) is 0.231. The highest BCUT2D eigenvalue weighted by Crippen LogP contribution is 2.28. The Morgan fingerprint density at radius 2 is 1.80 bits per heavy atom. The molecule has 0 bridgehead atoms. The summed E-state index contributed by atoms with van der Waals surface area (Å²) in [5, 5.41) is 2.87. The van der Waals surface area contributed by atoms with Crippen molar-refractivity contribution in [1.29, 1.82) is 0 Å². The predicted octanol–water partition coefficient (Wildman–Crippen LogP) is 4.18. The first-order chi connectivity index (χ1) is 9.34. The monoisotopic (exact) mass is 345 g/mol. The third-order valence-corrected chi connectivity index (χ3v) is 3.04. The van der Waals surface area contributed by atoms with Crippen molar-refractivity contribution in [1.82, 2.24) is 9.97 Å². The zero-order chi connectivity index (χ0) is 14.8. The lowest BCUT2D eigenvalue weighted by Gasteiger charge is -2.10. The van der Waals surface area contributed by atoms with Crippen LogP contribution in [0, 0.1) is 6.92 Å². The standard InChI is InChI=1S/C13H11BrF3N3/c1-8-19-11(13(15,16)17)6-12(20-8)18-7-9-2-4-10(14)5-3-9/h2-6H,7H2,1H3,(H,18,19,20). The van der Waals surface area contributed by atoms with E-state index >= 15 is 0 Å². The van der Waals surface area contributed by atoms with Crippen LogP contribution in [-0.2, 0) is 12.7 Å². The van der Waals surface area contributed by atoms with Gasteiger partial charge in [-0.15, -0.1) is 0 Å². The molecule has 0 fully saturated rings. The minimum Gasteiger partial charge on any atom is -0.366 e. The molecule has 7 heteroatoms. The second-order valence-corrected chi connectivity index (χ2v) is 5.08. The number of nitrogens with one attached hydrogen (secondary N) is 1. The maximum absolute atomic E-state index is 12.6. The van der Waals surface area contributed by atoms with Crippen LogP contribution in [0.25, 0.3) is 0 Å². The quantitative estimate of drug-likeness (QED) is 0.906. The van der Waals surface area contributed by atoms with Crippen LogP contribution >= 0.6 is 15.9 Å². The van der Waals surface area contributed by atoms with Crippen molar-refractivity contribution in [3.63, 3.8) is 0 Å². The average Bonchev–Trinajstić information content (AvgIpc) is 2.36. The minimum atomic E-state index is -4.47. The lowest BCUT2D eigenvalue weighted by atomic mass is 10.2. The van der Waals surface area contributed by atoms with Crippen LogP contribution in [0.1, 0.15) is 17.1 Å². The molecule has 0 aliphatic rings. The molecule has 1 heterocycles. The molecule has 3 nitrogen and oxygen atoms in total. The second kappa shape index (κ2) is 5.78. The lowest BCUT2D eigenvalue weighted by Crippen LogP contribution is -2.12. The van der Waals surface area contributed by atoms with Crippen LogP contribution in [0.3, 0.4) is 0 Å². The zero-order valence-electron chi connectivity index (χ0n) is 10.5. The highest BCUT2D eigenvalue weighted by Gasteiger charge is 2.33. The first-order valence-corrected chi connectivity index (χ1v) is 6.55. The molecule has 1 aromatic carbocycles. The van der Waals surface area contributed by atoms with Gasteiger partial charge in [-0.1, -0.05) is 28.1 Å². The van der Waals surface area contributed by atoms with E-state index in [1.54, 1.807) is 0 Å². The van der Waals surface area contributed by atoms with Crippen molar-refractivity contribution in [2.45, 2.75) is 19.6 Å². The van der Waals surface area contributed by atoms with Gasteiger partial charge in [0.15, 0.2) is 0 Å². The van der Waals surface area contributed by atoms with Crippen molar-refractivity contribution in [2.24, 2.45) is 0 Å². The number of hydrogen-bond acceptors (Lipinski definition) is 3. The van der Waals surface area contributed by atoms with E-state index in [-0.39, 0.29) is 11.6 Å². The van der Waals surface area contributed by atoms with E-state index in [4.69, 9.17) is 0 Å². The molecule has 0 unspecified atom stereocenters. The van der Waals surface area contributed by atoms with E-state index in [2.05, 4.69) is 31.2 Å². The molecule has 1 aromatic heterocycles. The van der Waals surface area contributed by atoms with Gasteiger partial charge >= 0.3 is 6.18 Å². The molecule has 0 aliphatic heterocycles. The number of rotatable bonds is 3. The topological polar surface area (TPSA) is 37.8 Å². The molecular formula is C13H11BrF3N3. The van der Waals surface area contributed by atoms with Crippen LogP contribution in [-0.4, -0.2) is 9.97 Å². The Bertz CT molecular complexity index is 597.